The molecule has 10 heavy (non-hydrogen) atoms. The summed E-state index contributed by atoms with van der Waals surface area (Å²) in [4.78, 5) is 0. The van der Waals surface area contributed by atoms with Crippen LogP contribution in [-0.4, -0.2) is 5.60 Å². The van der Waals surface area contributed by atoms with Gasteiger partial charge in [0.15, 0.2) is 5.22 Å². The molecule has 0 atom stereocenters. The van der Waals surface area contributed by atoms with Gasteiger partial charge in [0.25, 0.3) is 0 Å². The average molecular weight is 163 g/mol. The van der Waals surface area contributed by atoms with Crippen molar-refractivity contribution in [1.82, 2.24) is 0 Å². The molecule has 1 nitrogen and oxygen atoms in total. The molecule has 0 unspecified atom stereocenters. The number of halogens is 1. The first-order valence-corrected chi connectivity index (χ1v) is 3.88. The van der Waals surface area contributed by atoms with E-state index in [-0.39, 0.29) is 5.60 Å². The topological polar surface area (TPSA) is 9.23 Å². The third-order valence-electron chi connectivity index (χ3n) is 0.768. The molecule has 0 saturated carbocycles. The van der Waals surface area contributed by atoms with Crippen molar-refractivity contribution < 1.29 is 4.74 Å². The van der Waals surface area contributed by atoms with Crippen LogP contribution in [0.5, 0.6) is 0 Å². The van der Waals surface area contributed by atoms with Crippen LogP contribution in [0.1, 0.15) is 34.1 Å². The van der Waals surface area contributed by atoms with Crippen LogP contribution >= 0.6 is 11.6 Å². The Morgan fingerprint density at radius 2 is 2.00 bits per heavy atom. The lowest BCUT2D eigenvalue weighted by Crippen LogP contribution is -2.17. The van der Waals surface area contributed by atoms with Gasteiger partial charge >= 0.3 is 0 Å². The van der Waals surface area contributed by atoms with Crippen molar-refractivity contribution in [2.75, 3.05) is 0 Å². The van der Waals surface area contributed by atoms with Crippen LogP contribution in [-0.2, 0) is 4.74 Å². The molecule has 0 amide bonds. The van der Waals surface area contributed by atoms with Crippen molar-refractivity contribution in [3.63, 3.8) is 0 Å². The van der Waals surface area contributed by atoms with Crippen LogP contribution in [0.4, 0.5) is 0 Å². The fourth-order valence-corrected chi connectivity index (χ4v) is 0.880. The fourth-order valence-electron chi connectivity index (χ4n) is 0.495. The Hall–Kier alpha value is -0.170. The molecule has 0 aromatic carbocycles. The van der Waals surface area contributed by atoms with Crippen LogP contribution in [0.25, 0.3) is 0 Å². The fraction of sp³-hybridized carbons (Fsp3) is 0.750. The molecule has 0 fully saturated rings. The Bertz CT molecular complexity index is 122. The smallest absolute Gasteiger partial charge is 0.183 e. The van der Waals surface area contributed by atoms with Crippen LogP contribution < -0.4 is 0 Å². The Kier molecular flexibility index (Phi) is 3.80. The van der Waals surface area contributed by atoms with E-state index in [1.165, 1.54) is 0 Å². The van der Waals surface area contributed by atoms with Gasteiger partial charge in [0.2, 0.25) is 0 Å². The van der Waals surface area contributed by atoms with Gasteiger partial charge in [-0.1, -0.05) is 6.92 Å². The molecule has 2 heteroatoms. The van der Waals surface area contributed by atoms with Gasteiger partial charge in [0.05, 0.1) is 0 Å². The zero-order valence-electron chi connectivity index (χ0n) is 7.07. The minimum absolute atomic E-state index is 0.178. The van der Waals surface area contributed by atoms with Gasteiger partial charge in [-0.05, 0) is 44.9 Å². The zero-order chi connectivity index (χ0) is 8.20. The lowest BCUT2D eigenvalue weighted by atomic mass is 10.2. The second-order valence-corrected chi connectivity index (χ2v) is 3.50. The normalized spacial score (nSPS) is 13.5. The van der Waals surface area contributed by atoms with Crippen molar-refractivity contribution in [3.05, 3.63) is 11.3 Å². The molecule has 0 aromatic rings. The Morgan fingerprint density at radius 1 is 1.50 bits per heavy atom. The number of hydrogen-bond donors (Lipinski definition) is 0. The van der Waals surface area contributed by atoms with E-state index >= 15 is 0 Å². The van der Waals surface area contributed by atoms with Crippen LogP contribution in [0, 0.1) is 0 Å². The first kappa shape index (κ1) is 9.83. The Balaban J connectivity index is 3.79. The zero-order valence-corrected chi connectivity index (χ0v) is 7.83. The third-order valence-corrected chi connectivity index (χ3v) is 1.000. The van der Waals surface area contributed by atoms with Gasteiger partial charge in [0, 0.05) is 0 Å². The number of allylic oxidation sites excluding steroid dienone is 1. The summed E-state index contributed by atoms with van der Waals surface area (Å²) in [5.41, 5.74) is -0.178. The van der Waals surface area contributed by atoms with E-state index < -0.39 is 0 Å². The minimum Gasteiger partial charge on any atom is -0.478 e. The van der Waals surface area contributed by atoms with Gasteiger partial charge in [-0.15, -0.1) is 0 Å². The van der Waals surface area contributed by atoms with E-state index in [0.717, 1.165) is 6.42 Å². The molecular formula is C8H15ClO. The molecule has 0 aliphatic carbocycles. The van der Waals surface area contributed by atoms with E-state index in [1.54, 1.807) is 0 Å². The second-order valence-electron chi connectivity index (χ2n) is 3.13. The van der Waals surface area contributed by atoms with E-state index in [0.29, 0.717) is 5.22 Å². The molecule has 0 heterocycles. The standard InChI is InChI=1S/C8H15ClO/c1-5-6-7(9)10-8(2,3)4/h6H,5H2,1-4H3. The SMILES string of the molecule is CCC=C(Cl)OC(C)(C)C. The van der Waals surface area contributed by atoms with Gasteiger partial charge in [-0.25, -0.2) is 0 Å². The molecule has 60 valence electrons. The molecule has 0 aliphatic rings. The lowest BCUT2D eigenvalue weighted by Gasteiger charge is -2.19. The summed E-state index contributed by atoms with van der Waals surface area (Å²) in [6.07, 6.45) is 2.77. The van der Waals surface area contributed by atoms with Crippen LogP contribution in [0.15, 0.2) is 11.3 Å². The molecule has 0 rings (SSSR count). The second kappa shape index (κ2) is 3.87. The maximum absolute atomic E-state index is 5.70. The molecule has 0 spiro atoms. The average Bonchev–Trinajstić information content (AvgIpc) is 1.59. The predicted octanol–water partition coefficient (Wildman–Crippen LogP) is 3.29. The highest BCUT2D eigenvalue weighted by Crippen LogP contribution is 2.16. The summed E-state index contributed by atoms with van der Waals surface area (Å²) >= 11 is 5.70. The first-order chi connectivity index (χ1) is 4.45. The largest absolute Gasteiger partial charge is 0.478 e. The highest BCUT2D eigenvalue weighted by Gasteiger charge is 2.11. The highest BCUT2D eigenvalue weighted by molar-refractivity contribution is 6.28. The molecule has 0 saturated heterocycles. The Morgan fingerprint density at radius 3 is 2.30 bits per heavy atom. The lowest BCUT2D eigenvalue weighted by molar-refractivity contribution is 0.0671. The number of hydrogen-bond acceptors (Lipinski definition) is 1. The summed E-state index contributed by atoms with van der Waals surface area (Å²) < 4.78 is 5.30. The summed E-state index contributed by atoms with van der Waals surface area (Å²) in [7, 11) is 0. The monoisotopic (exact) mass is 162 g/mol. The van der Waals surface area contributed by atoms with E-state index in [4.69, 9.17) is 16.3 Å². The quantitative estimate of drug-likeness (QED) is 0.567. The predicted molar refractivity (Wildman–Crippen MR) is 45.1 cm³/mol. The van der Waals surface area contributed by atoms with E-state index in [2.05, 4.69) is 0 Å². The highest BCUT2D eigenvalue weighted by atomic mass is 35.5. The summed E-state index contributed by atoms with van der Waals surface area (Å²) in [5.74, 6) is 0. The number of rotatable bonds is 2. The molecule has 0 aliphatic heterocycles. The van der Waals surface area contributed by atoms with Gasteiger partial charge in [-0.2, -0.15) is 0 Å². The van der Waals surface area contributed by atoms with Crippen molar-refractivity contribution in [2.24, 2.45) is 0 Å². The minimum atomic E-state index is -0.178. The molecule has 0 aromatic heterocycles. The van der Waals surface area contributed by atoms with Crippen molar-refractivity contribution in [1.29, 1.82) is 0 Å². The van der Waals surface area contributed by atoms with Gasteiger partial charge in [-0.3, -0.25) is 0 Å². The van der Waals surface area contributed by atoms with Gasteiger partial charge in [0.1, 0.15) is 5.60 Å². The van der Waals surface area contributed by atoms with Crippen molar-refractivity contribution in [2.45, 2.75) is 39.7 Å². The molecule has 0 bridgehead atoms. The molecular weight excluding hydrogens is 148 g/mol. The summed E-state index contributed by atoms with van der Waals surface area (Å²) in [6, 6.07) is 0. The molecule has 0 radical (unpaired) electrons. The van der Waals surface area contributed by atoms with Crippen molar-refractivity contribution in [3.8, 4) is 0 Å². The molecule has 0 N–H and O–H groups in total. The summed E-state index contributed by atoms with van der Waals surface area (Å²) in [5, 5.41) is 0.495. The van der Waals surface area contributed by atoms with Crippen LogP contribution in [0.2, 0.25) is 0 Å². The van der Waals surface area contributed by atoms with Crippen LogP contribution in [0.3, 0.4) is 0 Å². The Labute approximate surface area is 68.0 Å². The number of ether oxygens (including phenoxy) is 1. The van der Waals surface area contributed by atoms with E-state index in [1.807, 2.05) is 33.8 Å². The third kappa shape index (κ3) is 5.96. The van der Waals surface area contributed by atoms with E-state index in [9.17, 15) is 0 Å². The summed E-state index contributed by atoms with van der Waals surface area (Å²) in [6.45, 7) is 7.94. The maximum atomic E-state index is 5.70. The van der Waals surface area contributed by atoms with Gasteiger partial charge < -0.3 is 4.74 Å². The first-order valence-electron chi connectivity index (χ1n) is 3.50. The maximum Gasteiger partial charge on any atom is 0.183 e. The van der Waals surface area contributed by atoms with Crippen molar-refractivity contribution >= 4 is 11.6 Å².